The third-order valence-electron chi connectivity index (χ3n) is 4.54. The van der Waals surface area contributed by atoms with Crippen molar-refractivity contribution in [2.75, 3.05) is 0 Å². The Morgan fingerprint density at radius 2 is 2.00 bits per heavy atom. The zero-order valence-corrected chi connectivity index (χ0v) is 12.4. The molecule has 0 aromatic heterocycles. The SMILES string of the molecule is Cc1ccc(F)cc1CNC1CCCCC1C(C)C. The molecule has 2 rings (SSSR count). The summed E-state index contributed by atoms with van der Waals surface area (Å²) in [5.41, 5.74) is 2.26. The van der Waals surface area contributed by atoms with Crippen molar-refractivity contribution in [3.05, 3.63) is 35.1 Å². The van der Waals surface area contributed by atoms with Crippen LogP contribution in [0.15, 0.2) is 18.2 Å². The molecule has 1 aromatic rings. The van der Waals surface area contributed by atoms with Crippen LogP contribution in [-0.2, 0) is 6.54 Å². The van der Waals surface area contributed by atoms with E-state index in [4.69, 9.17) is 0 Å². The van der Waals surface area contributed by atoms with Crippen molar-refractivity contribution in [2.45, 2.75) is 59.0 Å². The second-order valence-corrected chi connectivity index (χ2v) is 6.25. The van der Waals surface area contributed by atoms with Gasteiger partial charge in [0.2, 0.25) is 0 Å². The minimum absolute atomic E-state index is 0.133. The van der Waals surface area contributed by atoms with Gasteiger partial charge in [0, 0.05) is 12.6 Å². The molecule has 2 atom stereocenters. The number of rotatable bonds is 4. The van der Waals surface area contributed by atoms with Gasteiger partial charge in [-0.2, -0.15) is 0 Å². The summed E-state index contributed by atoms with van der Waals surface area (Å²) in [4.78, 5) is 0. The van der Waals surface area contributed by atoms with Gasteiger partial charge in [0.15, 0.2) is 0 Å². The van der Waals surface area contributed by atoms with Gasteiger partial charge in [0.1, 0.15) is 5.82 Å². The van der Waals surface area contributed by atoms with Gasteiger partial charge in [0.05, 0.1) is 0 Å². The van der Waals surface area contributed by atoms with Gasteiger partial charge in [-0.05, 0) is 54.9 Å². The minimum atomic E-state index is -0.133. The van der Waals surface area contributed by atoms with Crippen molar-refractivity contribution in [1.82, 2.24) is 5.32 Å². The second-order valence-electron chi connectivity index (χ2n) is 6.25. The Hall–Kier alpha value is -0.890. The number of aryl methyl sites for hydroxylation is 1. The van der Waals surface area contributed by atoms with Crippen LogP contribution in [0.5, 0.6) is 0 Å². The third-order valence-corrected chi connectivity index (χ3v) is 4.54. The lowest BCUT2D eigenvalue weighted by molar-refractivity contribution is 0.204. The highest BCUT2D eigenvalue weighted by atomic mass is 19.1. The summed E-state index contributed by atoms with van der Waals surface area (Å²) in [6.45, 7) is 7.48. The maximum Gasteiger partial charge on any atom is 0.123 e. The summed E-state index contributed by atoms with van der Waals surface area (Å²) in [7, 11) is 0. The van der Waals surface area contributed by atoms with Gasteiger partial charge in [-0.3, -0.25) is 0 Å². The summed E-state index contributed by atoms with van der Waals surface area (Å²) < 4.78 is 13.3. The Bertz CT molecular complexity index is 414. The summed E-state index contributed by atoms with van der Waals surface area (Å²) in [6.07, 6.45) is 5.28. The summed E-state index contributed by atoms with van der Waals surface area (Å²) in [5.74, 6) is 1.36. The Morgan fingerprint density at radius 1 is 1.26 bits per heavy atom. The van der Waals surface area contributed by atoms with Crippen molar-refractivity contribution in [1.29, 1.82) is 0 Å². The summed E-state index contributed by atoms with van der Waals surface area (Å²) >= 11 is 0. The van der Waals surface area contributed by atoms with E-state index in [1.165, 1.54) is 37.3 Å². The Balaban J connectivity index is 1.98. The van der Waals surface area contributed by atoms with Gasteiger partial charge < -0.3 is 5.32 Å². The van der Waals surface area contributed by atoms with Crippen LogP contribution in [0, 0.1) is 24.6 Å². The predicted molar refractivity (Wildman–Crippen MR) is 78.6 cm³/mol. The van der Waals surface area contributed by atoms with Crippen molar-refractivity contribution in [3.8, 4) is 0 Å². The molecule has 0 bridgehead atoms. The molecule has 1 aliphatic carbocycles. The molecule has 0 heterocycles. The van der Waals surface area contributed by atoms with Crippen molar-refractivity contribution < 1.29 is 4.39 Å². The zero-order chi connectivity index (χ0) is 13.8. The lowest BCUT2D eigenvalue weighted by atomic mass is 9.78. The van der Waals surface area contributed by atoms with Crippen LogP contribution in [0.1, 0.15) is 50.7 Å². The molecule has 2 unspecified atom stereocenters. The van der Waals surface area contributed by atoms with Crippen LogP contribution in [0.3, 0.4) is 0 Å². The van der Waals surface area contributed by atoms with E-state index in [0.29, 0.717) is 6.04 Å². The summed E-state index contributed by atoms with van der Waals surface area (Å²) in [6, 6.07) is 5.66. The van der Waals surface area contributed by atoms with E-state index in [9.17, 15) is 4.39 Å². The van der Waals surface area contributed by atoms with Crippen molar-refractivity contribution in [2.24, 2.45) is 11.8 Å². The largest absolute Gasteiger partial charge is 0.310 e. The molecular weight excluding hydrogens is 237 g/mol. The fourth-order valence-electron chi connectivity index (χ4n) is 3.28. The topological polar surface area (TPSA) is 12.0 Å². The van der Waals surface area contributed by atoms with Crippen LogP contribution in [-0.4, -0.2) is 6.04 Å². The van der Waals surface area contributed by atoms with Gasteiger partial charge in [-0.15, -0.1) is 0 Å². The highest BCUT2D eigenvalue weighted by molar-refractivity contribution is 5.26. The number of benzene rings is 1. The van der Waals surface area contributed by atoms with E-state index in [1.54, 1.807) is 6.07 Å². The zero-order valence-electron chi connectivity index (χ0n) is 12.4. The third kappa shape index (κ3) is 3.79. The Morgan fingerprint density at radius 3 is 2.74 bits per heavy atom. The van der Waals surface area contributed by atoms with Crippen LogP contribution >= 0.6 is 0 Å². The van der Waals surface area contributed by atoms with Gasteiger partial charge in [0.25, 0.3) is 0 Å². The average molecular weight is 263 g/mol. The first-order valence-corrected chi connectivity index (χ1v) is 7.56. The van der Waals surface area contributed by atoms with E-state index < -0.39 is 0 Å². The standard InChI is InChI=1S/C17H26FN/c1-12(2)16-6-4-5-7-17(16)19-11-14-10-15(18)9-8-13(14)3/h8-10,12,16-17,19H,4-7,11H2,1-3H3. The van der Waals surface area contributed by atoms with Gasteiger partial charge in [-0.25, -0.2) is 4.39 Å². The summed E-state index contributed by atoms with van der Waals surface area (Å²) in [5, 5.41) is 3.67. The highest BCUT2D eigenvalue weighted by Crippen LogP contribution is 2.30. The van der Waals surface area contributed by atoms with Crippen LogP contribution in [0.25, 0.3) is 0 Å². The van der Waals surface area contributed by atoms with Crippen molar-refractivity contribution >= 4 is 0 Å². The molecule has 0 aliphatic heterocycles. The monoisotopic (exact) mass is 263 g/mol. The van der Waals surface area contributed by atoms with E-state index in [0.717, 1.165) is 23.9 Å². The molecule has 2 heteroatoms. The van der Waals surface area contributed by atoms with Gasteiger partial charge in [-0.1, -0.05) is 32.8 Å². The molecule has 0 radical (unpaired) electrons. The minimum Gasteiger partial charge on any atom is -0.310 e. The normalized spacial score (nSPS) is 23.8. The molecule has 1 saturated carbocycles. The molecule has 1 aromatic carbocycles. The molecule has 1 fully saturated rings. The molecule has 1 N–H and O–H groups in total. The molecule has 0 spiro atoms. The lowest BCUT2D eigenvalue weighted by Crippen LogP contribution is -2.40. The average Bonchev–Trinajstić information content (AvgIpc) is 2.40. The van der Waals surface area contributed by atoms with E-state index in [1.807, 2.05) is 6.07 Å². The fraction of sp³-hybridized carbons (Fsp3) is 0.647. The smallest absolute Gasteiger partial charge is 0.123 e. The lowest BCUT2D eigenvalue weighted by Gasteiger charge is -2.35. The first-order chi connectivity index (χ1) is 9.08. The molecule has 106 valence electrons. The van der Waals surface area contributed by atoms with E-state index in [-0.39, 0.29) is 5.82 Å². The second kappa shape index (κ2) is 6.51. The van der Waals surface area contributed by atoms with Crippen molar-refractivity contribution in [3.63, 3.8) is 0 Å². The van der Waals surface area contributed by atoms with E-state index in [2.05, 4.69) is 26.1 Å². The predicted octanol–water partition coefficient (Wildman–Crippen LogP) is 4.44. The van der Waals surface area contributed by atoms with Gasteiger partial charge >= 0.3 is 0 Å². The Kier molecular flexibility index (Phi) is 4.98. The highest BCUT2D eigenvalue weighted by Gasteiger charge is 2.26. The first kappa shape index (κ1) is 14.5. The number of nitrogens with one attached hydrogen (secondary N) is 1. The number of hydrogen-bond donors (Lipinski definition) is 1. The maximum atomic E-state index is 13.3. The first-order valence-electron chi connectivity index (χ1n) is 7.56. The molecule has 19 heavy (non-hydrogen) atoms. The fourth-order valence-corrected chi connectivity index (χ4v) is 3.28. The maximum absolute atomic E-state index is 13.3. The quantitative estimate of drug-likeness (QED) is 0.847. The number of halogens is 1. The molecule has 0 amide bonds. The van der Waals surface area contributed by atoms with E-state index >= 15 is 0 Å². The van der Waals surface area contributed by atoms with Crippen LogP contribution < -0.4 is 5.32 Å². The Labute approximate surface area is 116 Å². The number of hydrogen-bond acceptors (Lipinski definition) is 1. The molecule has 0 saturated heterocycles. The van der Waals surface area contributed by atoms with Crippen LogP contribution in [0.4, 0.5) is 4.39 Å². The molecule has 1 aliphatic rings. The van der Waals surface area contributed by atoms with Crippen LogP contribution in [0.2, 0.25) is 0 Å². The molecular formula is C17H26FN. The molecule has 1 nitrogen and oxygen atoms in total.